The predicted molar refractivity (Wildman–Crippen MR) is 73.7 cm³/mol. The summed E-state index contributed by atoms with van der Waals surface area (Å²) in [5.41, 5.74) is 1.19. The van der Waals surface area contributed by atoms with Gasteiger partial charge in [-0.3, -0.25) is 4.90 Å². The van der Waals surface area contributed by atoms with Crippen molar-refractivity contribution in [1.29, 1.82) is 0 Å². The molecule has 1 heterocycles. The molecule has 1 aromatic carbocycles. The third-order valence-corrected chi connectivity index (χ3v) is 3.72. The summed E-state index contributed by atoms with van der Waals surface area (Å²) in [7, 11) is 0. The summed E-state index contributed by atoms with van der Waals surface area (Å²) in [4.78, 5) is 13.1. The van der Waals surface area contributed by atoms with E-state index in [0.717, 1.165) is 38.2 Å². The molecule has 0 radical (unpaired) electrons. The van der Waals surface area contributed by atoms with Crippen molar-refractivity contribution in [1.82, 2.24) is 4.90 Å². The van der Waals surface area contributed by atoms with Crippen LogP contribution in [0.25, 0.3) is 0 Å². The van der Waals surface area contributed by atoms with Gasteiger partial charge in [0, 0.05) is 24.7 Å². The summed E-state index contributed by atoms with van der Waals surface area (Å²) in [5, 5.41) is 9.42. The van der Waals surface area contributed by atoms with Crippen LogP contribution in [-0.4, -0.2) is 41.8 Å². The van der Waals surface area contributed by atoms with Gasteiger partial charge < -0.3 is 9.84 Å². The largest absolute Gasteiger partial charge is 0.478 e. The summed E-state index contributed by atoms with van der Waals surface area (Å²) in [6, 6.07) is 4.90. The Bertz CT molecular complexity index is 464. The number of carboxylic acids is 1. The Kier molecular flexibility index (Phi) is 4.80. The fraction of sp³-hybridized carbons (Fsp3) is 0.500. The van der Waals surface area contributed by atoms with E-state index in [2.05, 4.69) is 11.8 Å². The van der Waals surface area contributed by atoms with Gasteiger partial charge in [-0.1, -0.05) is 24.6 Å². The number of hydrogen-bond donors (Lipinski definition) is 1. The molecular weight excluding hydrogens is 266 g/mol. The van der Waals surface area contributed by atoms with Crippen molar-refractivity contribution in [2.45, 2.75) is 26.0 Å². The van der Waals surface area contributed by atoms with Crippen LogP contribution in [0.15, 0.2) is 18.2 Å². The first-order valence-corrected chi connectivity index (χ1v) is 6.83. The fourth-order valence-electron chi connectivity index (χ4n) is 2.22. The predicted octanol–water partition coefficient (Wildman–Crippen LogP) is 2.65. The monoisotopic (exact) mass is 283 g/mol. The van der Waals surface area contributed by atoms with Gasteiger partial charge in [-0.05, 0) is 24.1 Å². The molecule has 1 aliphatic heterocycles. The normalized spacial score (nSPS) is 20.4. The lowest BCUT2D eigenvalue weighted by Crippen LogP contribution is -2.41. The van der Waals surface area contributed by atoms with E-state index in [9.17, 15) is 4.79 Å². The first-order chi connectivity index (χ1) is 9.10. The van der Waals surface area contributed by atoms with E-state index in [1.165, 1.54) is 6.07 Å². The summed E-state index contributed by atoms with van der Waals surface area (Å²) in [5.74, 6) is -0.953. The average Bonchev–Trinajstić information content (AvgIpc) is 2.41. The van der Waals surface area contributed by atoms with Gasteiger partial charge in [-0.15, -0.1) is 0 Å². The van der Waals surface area contributed by atoms with E-state index >= 15 is 0 Å². The zero-order valence-electron chi connectivity index (χ0n) is 10.9. The molecule has 5 heteroatoms. The highest BCUT2D eigenvalue weighted by molar-refractivity contribution is 6.31. The van der Waals surface area contributed by atoms with Crippen molar-refractivity contribution < 1.29 is 14.6 Å². The van der Waals surface area contributed by atoms with Crippen molar-refractivity contribution in [2.24, 2.45) is 0 Å². The van der Waals surface area contributed by atoms with E-state index in [1.807, 2.05) is 0 Å². The summed E-state index contributed by atoms with van der Waals surface area (Å²) in [6.45, 7) is 5.37. The number of ether oxygens (including phenoxy) is 1. The van der Waals surface area contributed by atoms with Crippen LogP contribution in [0.5, 0.6) is 0 Å². The van der Waals surface area contributed by atoms with E-state index in [0.29, 0.717) is 5.02 Å². The maximum atomic E-state index is 10.9. The van der Waals surface area contributed by atoms with E-state index in [-0.39, 0.29) is 11.7 Å². The highest BCUT2D eigenvalue weighted by Gasteiger charge is 2.19. The number of hydrogen-bond acceptors (Lipinski definition) is 3. The van der Waals surface area contributed by atoms with Crippen molar-refractivity contribution in [2.75, 3.05) is 19.7 Å². The summed E-state index contributed by atoms with van der Waals surface area (Å²) >= 11 is 6.14. The second-order valence-electron chi connectivity index (χ2n) is 4.75. The van der Waals surface area contributed by atoms with Crippen LogP contribution in [0.1, 0.15) is 29.3 Å². The molecule has 0 bridgehead atoms. The number of aromatic carboxylic acids is 1. The molecule has 4 nitrogen and oxygen atoms in total. The Morgan fingerprint density at radius 1 is 1.58 bits per heavy atom. The molecule has 1 atom stereocenters. The number of carboxylic acid groups (broad SMARTS) is 1. The highest BCUT2D eigenvalue weighted by Crippen LogP contribution is 2.21. The van der Waals surface area contributed by atoms with Gasteiger partial charge >= 0.3 is 5.97 Å². The SMILES string of the molecule is CCC1CN(Cc2ccc(C(=O)O)cc2Cl)CCO1. The lowest BCUT2D eigenvalue weighted by molar-refractivity contribution is -0.0324. The fourth-order valence-corrected chi connectivity index (χ4v) is 2.46. The molecular formula is C14H18ClNO3. The van der Waals surface area contributed by atoms with Gasteiger partial charge in [0.2, 0.25) is 0 Å². The molecule has 2 rings (SSSR count). The number of carbonyl (C=O) groups is 1. The Labute approximate surface area is 117 Å². The second-order valence-corrected chi connectivity index (χ2v) is 5.15. The minimum Gasteiger partial charge on any atom is -0.478 e. The maximum Gasteiger partial charge on any atom is 0.335 e. The zero-order chi connectivity index (χ0) is 13.8. The molecule has 1 unspecified atom stereocenters. The van der Waals surface area contributed by atoms with Crippen LogP contribution in [0.2, 0.25) is 5.02 Å². The molecule has 19 heavy (non-hydrogen) atoms. The Morgan fingerprint density at radius 3 is 3.00 bits per heavy atom. The minimum absolute atomic E-state index is 0.224. The number of rotatable bonds is 4. The van der Waals surface area contributed by atoms with Gasteiger partial charge in [0.05, 0.1) is 18.3 Å². The van der Waals surface area contributed by atoms with Gasteiger partial charge in [0.15, 0.2) is 0 Å². The van der Waals surface area contributed by atoms with Crippen LogP contribution < -0.4 is 0 Å². The molecule has 1 aromatic rings. The van der Waals surface area contributed by atoms with Gasteiger partial charge in [0.25, 0.3) is 0 Å². The van der Waals surface area contributed by atoms with Crippen LogP contribution in [0.4, 0.5) is 0 Å². The lowest BCUT2D eigenvalue weighted by atomic mass is 10.1. The summed E-state index contributed by atoms with van der Waals surface area (Å²) in [6.07, 6.45) is 1.29. The van der Waals surface area contributed by atoms with Crippen LogP contribution in [-0.2, 0) is 11.3 Å². The first-order valence-electron chi connectivity index (χ1n) is 6.45. The van der Waals surface area contributed by atoms with E-state index in [4.69, 9.17) is 21.4 Å². The number of nitrogens with zero attached hydrogens (tertiary/aromatic N) is 1. The van der Waals surface area contributed by atoms with E-state index < -0.39 is 5.97 Å². The molecule has 0 aliphatic carbocycles. The van der Waals surface area contributed by atoms with E-state index in [1.54, 1.807) is 12.1 Å². The van der Waals surface area contributed by atoms with Gasteiger partial charge in [-0.2, -0.15) is 0 Å². The first kappa shape index (κ1) is 14.3. The molecule has 1 fully saturated rings. The number of benzene rings is 1. The highest BCUT2D eigenvalue weighted by atomic mass is 35.5. The lowest BCUT2D eigenvalue weighted by Gasteiger charge is -2.32. The third kappa shape index (κ3) is 3.69. The topological polar surface area (TPSA) is 49.8 Å². The average molecular weight is 284 g/mol. The molecule has 1 N–H and O–H groups in total. The molecule has 0 amide bonds. The molecule has 104 valence electrons. The molecule has 0 spiro atoms. The molecule has 0 saturated carbocycles. The molecule has 0 aromatic heterocycles. The van der Waals surface area contributed by atoms with Crippen molar-refractivity contribution in [3.8, 4) is 0 Å². The van der Waals surface area contributed by atoms with Crippen LogP contribution >= 0.6 is 11.6 Å². The van der Waals surface area contributed by atoms with Gasteiger partial charge in [0.1, 0.15) is 0 Å². The number of halogens is 1. The Morgan fingerprint density at radius 2 is 2.37 bits per heavy atom. The summed E-state index contributed by atoms with van der Waals surface area (Å²) < 4.78 is 5.62. The third-order valence-electron chi connectivity index (χ3n) is 3.37. The maximum absolute atomic E-state index is 10.9. The Balaban J connectivity index is 2.04. The van der Waals surface area contributed by atoms with Gasteiger partial charge in [-0.25, -0.2) is 4.79 Å². The standard InChI is InChI=1S/C14H18ClNO3/c1-2-12-9-16(5-6-19-12)8-11-4-3-10(14(17)18)7-13(11)15/h3-4,7,12H,2,5-6,8-9H2,1H3,(H,17,18). The quantitative estimate of drug-likeness (QED) is 0.923. The van der Waals surface area contributed by atoms with Crippen LogP contribution in [0, 0.1) is 0 Å². The Hall–Kier alpha value is -1.10. The molecule has 1 aliphatic rings. The zero-order valence-corrected chi connectivity index (χ0v) is 11.7. The van der Waals surface area contributed by atoms with Crippen molar-refractivity contribution >= 4 is 17.6 Å². The number of morpholine rings is 1. The minimum atomic E-state index is -0.953. The van der Waals surface area contributed by atoms with Crippen molar-refractivity contribution in [3.05, 3.63) is 34.3 Å². The molecule has 1 saturated heterocycles. The second kappa shape index (κ2) is 6.37. The van der Waals surface area contributed by atoms with Crippen molar-refractivity contribution in [3.63, 3.8) is 0 Å². The van der Waals surface area contributed by atoms with Crippen LogP contribution in [0.3, 0.4) is 0 Å². The smallest absolute Gasteiger partial charge is 0.335 e.